The second-order valence-corrected chi connectivity index (χ2v) is 7.89. The van der Waals surface area contributed by atoms with Crippen LogP contribution in [0.1, 0.15) is 20.8 Å². The fourth-order valence-electron chi connectivity index (χ4n) is 2.66. The van der Waals surface area contributed by atoms with Crippen LogP contribution in [0.4, 0.5) is 29.6 Å². The first-order valence-electron chi connectivity index (χ1n) is 9.68. The summed E-state index contributed by atoms with van der Waals surface area (Å²) in [6, 6.07) is 8.18. The third-order valence-electron chi connectivity index (χ3n) is 3.94. The van der Waals surface area contributed by atoms with Gasteiger partial charge in [-0.15, -0.1) is 0 Å². The molecule has 172 valence electrons. The Labute approximate surface area is 186 Å². The lowest BCUT2D eigenvalue weighted by Crippen LogP contribution is -2.27. The SMILES string of the molecule is CC(C)(C)OC(=O)Nc1ncc2ccc(-c3cc(NC(=O)/C=C/C(F)(F)F)ccn3)cc2n1. The van der Waals surface area contributed by atoms with E-state index in [4.69, 9.17) is 4.74 Å². The molecule has 0 atom stereocenters. The molecule has 2 aromatic heterocycles. The van der Waals surface area contributed by atoms with E-state index in [1.165, 1.54) is 24.5 Å². The van der Waals surface area contributed by atoms with Crippen molar-refractivity contribution in [1.29, 1.82) is 0 Å². The van der Waals surface area contributed by atoms with Crippen LogP contribution in [0.2, 0.25) is 0 Å². The number of alkyl halides is 3. The Bertz CT molecular complexity index is 1220. The average Bonchev–Trinajstić information content (AvgIpc) is 2.70. The molecular formula is C22H20F3N5O3. The number of pyridine rings is 1. The molecule has 0 unspecified atom stereocenters. The second-order valence-electron chi connectivity index (χ2n) is 7.89. The van der Waals surface area contributed by atoms with Crippen LogP contribution in [0.3, 0.4) is 0 Å². The molecule has 0 bridgehead atoms. The fourth-order valence-corrected chi connectivity index (χ4v) is 2.66. The van der Waals surface area contributed by atoms with Gasteiger partial charge >= 0.3 is 12.3 Å². The zero-order valence-electron chi connectivity index (χ0n) is 17.9. The van der Waals surface area contributed by atoms with E-state index in [1.807, 2.05) is 0 Å². The van der Waals surface area contributed by atoms with Crippen molar-refractivity contribution in [2.75, 3.05) is 10.6 Å². The van der Waals surface area contributed by atoms with E-state index >= 15 is 0 Å². The highest BCUT2D eigenvalue weighted by molar-refractivity contribution is 5.99. The summed E-state index contributed by atoms with van der Waals surface area (Å²) in [7, 11) is 0. The zero-order valence-corrected chi connectivity index (χ0v) is 17.9. The van der Waals surface area contributed by atoms with E-state index in [1.54, 1.807) is 39.0 Å². The number of anilines is 2. The molecule has 3 rings (SSSR count). The molecule has 0 radical (unpaired) electrons. The molecule has 0 saturated carbocycles. The second kappa shape index (κ2) is 9.23. The Hall–Kier alpha value is -4.02. The summed E-state index contributed by atoms with van der Waals surface area (Å²) in [4.78, 5) is 36.3. The number of amides is 2. The zero-order chi connectivity index (χ0) is 24.2. The van der Waals surface area contributed by atoms with Gasteiger partial charge in [-0.25, -0.2) is 14.8 Å². The Balaban J connectivity index is 1.81. The maximum atomic E-state index is 12.2. The first kappa shape index (κ1) is 23.6. The van der Waals surface area contributed by atoms with Crippen molar-refractivity contribution in [3.8, 4) is 11.3 Å². The number of carbonyl (C=O) groups excluding carboxylic acids is 2. The van der Waals surface area contributed by atoms with Crippen LogP contribution in [0.5, 0.6) is 0 Å². The first-order chi connectivity index (χ1) is 15.4. The third-order valence-corrected chi connectivity index (χ3v) is 3.94. The van der Waals surface area contributed by atoms with Crippen LogP contribution < -0.4 is 10.6 Å². The normalized spacial score (nSPS) is 12.1. The van der Waals surface area contributed by atoms with Gasteiger partial charge in [-0.2, -0.15) is 13.2 Å². The van der Waals surface area contributed by atoms with E-state index < -0.39 is 23.8 Å². The lowest BCUT2D eigenvalue weighted by Gasteiger charge is -2.19. The number of benzene rings is 1. The van der Waals surface area contributed by atoms with Gasteiger partial charge in [-0.05, 0) is 39.0 Å². The number of rotatable bonds is 4. The summed E-state index contributed by atoms with van der Waals surface area (Å²) < 4.78 is 41.8. The number of hydrogen-bond donors (Lipinski definition) is 2. The molecule has 0 spiro atoms. The van der Waals surface area contributed by atoms with Gasteiger partial charge in [0.15, 0.2) is 0 Å². The number of aromatic nitrogens is 3. The van der Waals surface area contributed by atoms with Gasteiger partial charge in [0.05, 0.1) is 11.2 Å². The lowest BCUT2D eigenvalue weighted by molar-refractivity contribution is -0.112. The number of allylic oxidation sites excluding steroid dienone is 1. The minimum atomic E-state index is -4.58. The van der Waals surface area contributed by atoms with Crippen LogP contribution >= 0.6 is 0 Å². The fraction of sp³-hybridized carbons (Fsp3) is 0.227. The molecule has 1 aromatic carbocycles. The monoisotopic (exact) mass is 459 g/mol. The summed E-state index contributed by atoms with van der Waals surface area (Å²) in [5, 5.41) is 5.53. The molecule has 33 heavy (non-hydrogen) atoms. The summed E-state index contributed by atoms with van der Waals surface area (Å²) in [5.41, 5.74) is 1.19. The Kier molecular flexibility index (Phi) is 6.61. The third kappa shape index (κ3) is 7.27. The highest BCUT2D eigenvalue weighted by Gasteiger charge is 2.22. The van der Waals surface area contributed by atoms with Crippen molar-refractivity contribution in [3.63, 3.8) is 0 Å². The van der Waals surface area contributed by atoms with Crippen molar-refractivity contribution in [3.05, 3.63) is 54.9 Å². The van der Waals surface area contributed by atoms with Crippen LogP contribution in [-0.4, -0.2) is 38.7 Å². The number of nitrogens with one attached hydrogen (secondary N) is 2. The first-order valence-corrected chi connectivity index (χ1v) is 9.68. The molecule has 3 aromatic rings. The van der Waals surface area contributed by atoms with Crippen LogP contribution in [0.25, 0.3) is 22.2 Å². The lowest BCUT2D eigenvalue weighted by atomic mass is 10.1. The Morgan fingerprint density at radius 3 is 2.48 bits per heavy atom. The molecule has 8 nitrogen and oxygen atoms in total. The number of fused-ring (bicyclic) bond motifs is 1. The van der Waals surface area contributed by atoms with Gasteiger partial charge in [-0.1, -0.05) is 12.1 Å². The van der Waals surface area contributed by atoms with Crippen molar-refractivity contribution >= 4 is 34.5 Å². The molecule has 2 heterocycles. The quantitative estimate of drug-likeness (QED) is 0.526. The molecule has 2 N–H and O–H groups in total. The molecule has 0 aliphatic rings. The summed E-state index contributed by atoms with van der Waals surface area (Å²) in [5.74, 6) is -0.868. The van der Waals surface area contributed by atoms with E-state index in [9.17, 15) is 22.8 Å². The summed E-state index contributed by atoms with van der Waals surface area (Å²) >= 11 is 0. The minimum absolute atomic E-state index is 0.0549. The molecule has 0 fully saturated rings. The van der Waals surface area contributed by atoms with Gasteiger partial charge in [0.1, 0.15) is 5.60 Å². The standard InChI is InChI=1S/C22H20F3N5O3/c1-21(2,3)33-20(32)30-19-27-12-14-5-4-13(10-17(14)29-19)16-11-15(7-9-26-16)28-18(31)6-8-22(23,24)25/h4-12H,1-3H3,(H,26,28,31)(H,27,29,30,32)/b8-6+. The van der Waals surface area contributed by atoms with Gasteiger partial charge in [0, 0.05) is 41.2 Å². The van der Waals surface area contributed by atoms with E-state index in [2.05, 4.69) is 25.6 Å². The van der Waals surface area contributed by atoms with Gasteiger partial charge in [0.2, 0.25) is 11.9 Å². The van der Waals surface area contributed by atoms with Gasteiger partial charge in [-0.3, -0.25) is 15.1 Å². The van der Waals surface area contributed by atoms with Gasteiger partial charge < -0.3 is 10.1 Å². The van der Waals surface area contributed by atoms with Crippen molar-refractivity contribution in [2.24, 2.45) is 0 Å². The van der Waals surface area contributed by atoms with Crippen LogP contribution in [0, 0.1) is 0 Å². The predicted octanol–water partition coefficient (Wildman–Crippen LogP) is 5.10. The number of carbonyl (C=O) groups is 2. The summed E-state index contributed by atoms with van der Waals surface area (Å²) in [6.45, 7) is 5.20. The summed E-state index contributed by atoms with van der Waals surface area (Å²) in [6.07, 6.45) is -2.05. The number of nitrogens with zero attached hydrogens (tertiary/aromatic N) is 3. The van der Waals surface area contributed by atoms with Gasteiger partial charge in [0.25, 0.3) is 0 Å². The Morgan fingerprint density at radius 1 is 1.03 bits per heavy atom. The van der Waals surface area contributed by atoms with E-state index in [0.29, 0.717) is 28.2 Å². The average molecular weight is 459 g/mol. The highest BCUT2D eigenvalue weighted by Crippen LogP contribution is 2.24. The van der Waals surface area contributed by atoms with Crippen molar-refractivity contribution < 1.29 is 27.5 Å². The maximum absolute atomic E-state index is 12.2. The predicted molar refractivity (Wildman–Crippen MR) is 116 cm³/mol. The topological polar surface area (TPSA) is 106 Å². The molecule has 0 aliphatic heterocycles. The van der Waals surface area contributed by atoms with E-state index in [0.717, 1.165) is 0 Å². The number of ether oxygens (including phenoxy) is 1. The Morgan fingerprint density at radius 2 is 1.79 bits per heavy atom. The number of hydrogen-bond acceptors (Lipinski definition) is 6. The smallest absolute Gasteiger partial charge is 0.414 e. The van der Waals surface area contributed by atoms with Crippen LogP contribution in [-0.2, 0) is 9.53 Å². The molecular weight excluding hydrogens is 439 g/mol. The minimum Gasteiger partial charge on any atom is -0.444 e. The van der Waals surface area contributed by atoms with Crippen molar-refractivity contribution in [1.82, 2.24) is 15.0 Å². The highest BCUT2D eigenvalue weighted by atomic mass is 19.4. The largest absolute Gasteiger partial charge is 0.444 e. The molecule has 2 amide bonds. The van der Waals surface area contributed by atoms with E-state index in [-0.39, 0.29) is 17.7 Å². The maximum Gasteiger partial charge on any atom is 0.414 e. The van der Waals surface area contributed by atoms with Crippen LogP contribution in [0.15, 0.2) is 54.9 Å². The molecule has 11 heteroatoms. The number of halogens is 3. The molecule has 0 aliphatic carbocycles. The van der Waals surface area contributed by atoms with Crippen molar-refractivity contribution in [2.45, 2.75) is 32.5 Å². The molecule has 0 saturated heterocycles.